The molecule has 0 aromatic carbocycles. The predicted molar refractivity (Wildman–Crippen MR) is 314 cm³/mol. The van der Waals surface area contributed by atoms with Crippen LogP contribution in [0.5, 0.6) is 0 Å². The standard InChI is InChI=1S/C47H95N27O9/c48-19-3-1-10-26(50)36(77)69-28(11-2-4-20-49)38(79)71-32(16-9-25-67-47(61)62)41(82)74-33(17-18-34(51)75)42(83)73-31(15-8-24-66-46(59)60)40(81)72-30(14-7-23-65-45(57)58)39(80)70-29(13-6-22-64-44(55)56)37(78)68-27(35(52)76)12-5-21-63-43(53)54/h26-33H,1-25,48-50H2,(H2,51,75)(H2,52,76)(H,68,78)(H,69,77)(H,70,80)(H,71,79)(H,72,81)(H,73,83)(H,74,82)(H4,53,54,63)(H4,55,56,64)(H4,57,58,65)(H4,59,60,66)(H4,61,62,67)/t26-,27-,28-,29-,30-,31-,32-,33-/m0/s1. The number of amides is 9. The van der Waals surface area contributed by atoms with Gasteiger partial charge in [-0.05, 0) is 116 Å². The molecule has 0 heterocycles. The minimum absolute atomic E-state index is 0.0116. The van der Waals surface area contributed by atoms with Crippen molar-refractivity contribution in [3.05, 3.63) is 0 Å². The lowest BCUT2D eigenvalue weighted by Gasteiger charge is -2.28. The third-order valence-corrected chi connectivity index (χ3v) is 12.1. The van der Waals surface area contributed by atoms with Gasteiger partial charge in [-0.2, -0.15) is 0 Å². The first kappa shape index (κ1) is 74.5. The zero-order valence-electron chi connectivity index (χ0n) is 47.4. The molecule has 0 aromatic heterocycles. The van der Waals surface area contributed by atoms with Gasteiger partial charge in [-0.1, -0.05) is 6.42 Å². The Morgan fingerprint density at radius 3 is 0.771 bits per heavy atom. The Labute approximate surface area is 482 Å². The Hall–Kier alpha value is -8.54. The second-order valence-corrected chi connectivity index (χ2v) is 19.3. The van der Waals surface area contributed by atoms with Crippen molar-refractivity contribution in [1.82, 2.24) is 37.2 Å². The Balaban J connectivity index is 7.27. The summed E-state index contributed by atoms with van der Waals surface area (Å²) in [4.78, 5) is 143. The molecular weight excluding hydrogens is 1090 g/mol. The molecule has 0 aliphatic rings. The molecule has 472 valence electrons. The van der Waals surface area contributed by atoms with E-state index in [1.807, 2.05) is 0 Å². The molecule has 9 amide bonds. The van der Waals surface area contributed by atoms with E-state index >= 15 is 0 Å². The Morgan fingerprint density at radius 2 is 0.518 bits per heavy atom. The van der Waals surface area contributed by atoms with Crippen LogP contribution >= 0.6 is 0 Å². The molecule has 0 unspecified atom stereocenters. The fourth-order valence-corrected chi connectivity index (χ4v) is 7.75. The molecule has 0 aliphatic heterocycles. The van der Waals surface area contributed by atoms with E-state index in [1.54, 1.807) is 0 Å². The summed E-state index contributed by atoms with van der Waals surface area (Å²) in [5.41, 5.74) is 83.4. The summed E-state index contributed by atoms with van der Waals surface area (Å²) in [5.74, 6) is -9.04. The van der Waals surface area contributed by atoms with E-state index in [0.29, 0.717) is 32.2 Å². The van der Waals surface area contributed by atoms with E-state index in [-0.39, 0.29) is 146 Å². The van der Waals surface area contributed by atoms with Gasteiger partial charge in [0.25, 0.3) is 0 Å². The van der Waals surface area contributed by atoms with Crippen molar-refractivity contribution in [2.75, 3.05) is 45.8 Å². The highest BCUT2D eigenvalue weighted by molar-refractivity contribution is 5.98. The maximum atomic E-state index is 14.5. The van der Waals surface area contributed by atoms with Gasteiger partial charge >= 0.3 is 0 Å². The number of rotatable bonds is 46. The van der Waals surface area contributed by atoms with Crippen LogP contribution < -0.4 is 123 Å². The first-order valence-electron chi connectivity index (χ1n) is 27.3. The quantitative estimate of drug-likeness (QED) is 0.0153. The number of nitrogens with zero attached hydrogens (tertiary/aromatic N) is 5. The van der Waals surface area contributed by atoms with Crippen molar-refractivity contribution in [3.8, 4) is 0 Å². The minimum atomic E-state index is -1.61. The second kappa shape index (κ2) is 43.2. The summed E-state index contributed by atoms with van der Waals surface area (Å²) in [6.07, 6.45) is 1.64. The Bertz CT molecular complexity index is 2190. The lowest BCUT2D eigenvalue weighted by molar-refractivity contribution is -0.136. The monoisotopic (exact) mass is 1180 g/mol. The van der Waals surface area contributed by atoms with Gasteiger partial charge in [-0.3, -0.25) is 68.1 Å². The van der Waals surface area contributed by atoms with Crippen LogP contribution in [0.25, 0.3) is 0 Å². The third kappa shape index (κ3) is 36.4. The molecule has 0 bridgehead atoms. The van der Waals surface area contributed by atoms with Crippen molar-refractivity contribution < 1.29 is 43.2 Å². The van der Waals surface area contributed by atoms with Crippen LogP contribution in [0.15, 0.2) is 25.0 Å². The van der Waals surface area contributed by atoms with E-state index in [0.717, 1.165) is 0 Å². The molecule has 37 N–H and O–H groups in total. The number of hydrogen-bond acceptors (Lipinski definition) is 17. The number of guanidine groups is 5. The fourth-order valence-electron chi connectivity index (χ4n) is 7.75. The van der Waals surface area contributed by atoms with Crippen LogP contribution in [-0.2, 0) is 43.2 Å². The first-order valence-corrected chi connectivity index (χ1v) is 27.3. The van der Waals surface area contributed by atoms with E-state index < -0.39 is 114 Å². The van der Waals surface area contributed by atoms with Crippen LogP contribution in [0, 0.1) is 0 Å². The number of nitrogens with one attached hydrogen (secondary N) is 7. The van der Waals surface area contributed by atoms with Gasteiger partial charge in [0.05, 0.1) is 6.04 Å². The molecule has 0 spiro atoms. The summed E-state index contributed by atoms with van der Waals surface area (Å²) in [5, 5.41) is 18.2. The Morgan fingerprint density at radius 1 is 0.289 bits per heavy atom. The number of carbonyl (C=O) groups is 9. The van der Waals surface area contributed by atoms with Gasteiger partial charge in [-0.15, -0.1) is 0 Å². The van der Waals surface area contributed by atoms with E-state index in [2.05, 4.69) is 62.2 Å². The Kier molecular flexibility index (Phi) is 38.8. The highest BCUT2D eigenvalue weighted by Gasteiger charge is 2.34. The topological polar surface area (TPSA) is 690 Å². The minimum Gasteiger partial charge on any atom is -0.370 e. The molecule has 83 heavy (non-hydrogen) atoms. The van der Waals surface area contributed by atoms with E-state index in [9.17, 15) is 43.2 Å². The predicted octanol–water partition coefficient (Wildman–Crippen LogP) is -10.0. The van der Waals surface area contributed by atoms with Crippen molar-refractivity contribution in [1.29, 1.82) is 0 Å². The van der Waals surface area contributed by atoms with Gasteiger partial charge in [0.15, 0.2) is 29.8 Å². The lowest BCUT2D eigenvalue weighted by Crippen LogP contribution is -2.60. The molecule has 0 saturated carbocycles. The summed E-state index contributed by atoms with van der Waals surface area (Å²) >= 11 is 0. The molecule has 0 fully saturated rings. The van der Waals surface area contributed by atoms with Crippen molar-refractivity contribution in [2.24, 2.45) is 111 Å². The molecule has 0 saturated heterocycles. The van der Waals surface area contributed by atoms with Crippen LogP contribution in [-0.4, -0.2) is 177 Å². The van der Waals surface area contributed by atoms with Crippen LogP contribution in [0.1, 0.15) is 116 Å². The van der Waals surface area contributed by atoms with Crippen LogP contribution in [0.3, 0.4) is 0 Å². The van der Waals surface area contributed by atoms with Crippen molar-refractivity contribution in [2.45, 2.75) is 164 Å². The number of primary amides is 2. The van der Waals surface area contributed by atoms with E-state index in [4.69, 9.17) is 86.0 Å². The molecule has 36 heteroatoms. The zero-order valence-corrected chi connectivity index (χ0v) is 47.4. The number of nitrogens with two attached hydrogens (primary N) is 15. The summed E-state index contributed by atoms with van der Waals surface area (Å²) in [6.45, 7) is 0.763. The highest BCUT2D eigenvalue weighted by atomic mass is 16.2. The maximum Gasteiger partial charge on any atom is 0.243 e. The average molecular weight is 1180 g/mol. The summed E-state index contributed by atoms with van der Waals surface area (Å²) in [7, 11) is 0. The number of carbonyl (C=O) groups excluding carboxylic acids is 9. The first-order chi connectivity index (χ1) is 39.2. The summed E-state index contributed by atoms with van der Waals surface area (Å²) in [6, 6.07) is -10.8. The largest absolute Gasteiger partial charge is 0.370 e. The normalized spacial score (nSPS) is 13.6. The number of aliphatic imine (C=N–C) groups is 5. The van der Waals surface area contributed by atoms with Crippen LogP contribution in [0.4, 0.5) is 0 Å². The fraction of sp³-hybridized carbons (Fsp3) is 0.702. The average Bonchev–Trinajstić information content (AvgIpc) is 3.45. The molecule has 0 aromatic rings. The maximum absolute atomic E-state index is 14.5. The SMILES string of the molecule is NCCCC[C@H](NC(=O)[C@@H](N)CCCCN)C(=O)N[C@@H](CCCN=C(N)N)C(=O)N[C@@H](CCC(N)=O)C(=O)N[C@@H](CCCN=C(N)N)C(=O)N[C@@H](CCCN=C(N)N)C(=O)N[C@@H](CCCN=C(N)N)C(=O)N[C@@H](CCCN=C(N)N)C(N)=O. The van der Waals surface area contributed by atoms with Crippen molar-refractivity contribution >= 4 is 83.0 Å². The molecule has 0 rings (SSSR count). The van der Waals surface area contributed by atoms with Crippen molar-refractivity contribution in [3.63, 3.8) is 0 Å². The number of hydrogen-bond donors (Lipinski definition) is 22. The molecular formula is C47H95N27O9. The van der Waals surface area contributed by atoms with Gasteiger partial charge in [-0.25, -0.2) is 0 Å². The van der Waals surface area contributed by atoms with Gasteiger partial charge in [0.2, 0.25) is 53.2 Å². The summed E-state index contributed by atoms with van der Waals surface area (Å²) < 4.78 is 0. The van der Waals surface area contributed by atoms with E-state index in [1.165, 1.54) is 0 Å². The van der Waals surface area contributed by atoms with Gasteiger partial charge in [0, 0.05) is 39.1 Å². The molecule has 36 nitrogen and oxygen atoms in total. The second-order valence-electron chi connectivity index (χ2n) is 19.3. The van der Waals surface area contributed by atoms with Crippen LogP contribution in [0.2, 0.25) is 0 Å². The number of unbranched alkanes of at least 4 members (excludes halogenated alkanes) is 2. The zero-order chi connectivity index (χ0) is 62.9. The highest BCUT2D eigenvalue weighted by Crippen LogP contribution is 2.11. The smallest absolute Gasteiger partial charge is 0.243 e. The van der Waals surface area contributed by atoms with Gasteiger partial charge in [0.1, 0.15) is 42.3 Å². The molecule has 0 radical (unpaired) electrons. The van der Waals surface area contributed by atoms with Gasteiger partial charge < -0.3 is 123 Å². The molecule has 0 aliphatic carbocycles. The lowest BCUT2D eigenvalue weighted by atomic mass is 10.0. The third-order valence-electron chi connectivity index (χ3n) is 12.1. The molecule has 8 atom stereocenters.